The molecular formula is C19H19N3O2. The fraction of sp³-hybridized carbons (Fsp3) is 0.263. The number of aromatic amines is 1. The smallest absolute Gasteiger partial charge is 0.272 e. The second-order valence-corrected chi connectivity index (χ2v) is 5.99. The molecule has 0 bridgehead atoms. The summed E-state index contributed by atoms with van der Waals surface area (Å²) in [5.41, 5.74) is 3.15. The molecule has 3 aromatic rings. The molecule has 0 aliphatic carbocycles. The normalized spacial score (nSPS) is 14.9. The van der Waals surface area contributed by atoms with Crippen LogP contribution in [0.3, 0.4) is 0 Å². The van der Waals surface area contributed by atoms with E-state index in [9.17, 15) is 4.79 Å². The molecule has 2 heterocycles. The third-order valence-electron chi connectivity index (χ3n) is 4.46. The van der Waals surface area contributed by atoms with Gasteiger partial charge in [-0.15, -0.1) is 0 Å². The second-order valence-electron chi connectivity index (χ2n) is 5.99. The Morgan fingerprint density at radius 1 is 1.00 bits per heavy atom. The number of hydrogen-bond acceptors (Lipinski definition) is 4. The first-order chi connectivity index (χ1) is 11.8. The molecule has 5 heteroatoms. The lowest BCUT2D eigenvalue weighted by Crippen LogP contribution is -2.36. The van der Waals surface area contributed by atoms with Gasteiger partial charge in [-0.25, -0.2) is 5.10 Å². The summed E-state index contributed by atoms with van der Waals surface area (Å²) in [5, 5.41) is 8.45. The van der Waals surface area contributed by atoms with Gasteiger partial charge in [-0.2, -0.15) is 5.10 Å². The van der Waals surface area contributed by atoms with E-state index in [1.54, 1.807) is 0 Å². The average molecular weight is 321 g/mol. The molecule has 1 N–H and O–H groups in total. The standard InChI is InChI=1S/C19H19N3O2/c23-19-17-4-2-1-3-16(17)18(20-21-19)13-14-5-7-15(8-6-14)22-9-11-24-12-10-22/h1-8H,9-13H2,(H,21,23). The Labute approximate surface area is 139 Å². The predicted octanol–water partition coefficient (Wildman–Crippen LogP) is 2.35. The molecule has 0 amide bonds. The SMILES string of the molecule is O=c1[nH]nc(Cc2ccc(N3CCOCC3)cc2)c2ccccc12. The first-order valence-electron chi connectivity index (χ1n) is 8.19. The maximum Gasteiger partial charge on any atom is 0.272 e. The van der Waals surface area contributed by atoms with E-state index in [-0.39, 0.29) is 5.56 Å². The van der Waals surface area contributed by atoms with Crippen LogP contribution in [-0.2, 0) is 11.2 Å². The van der Waals surface area contributed by atoms with Crippen LogP contribution < -0.4 is 10.5 Å². The number of aromatic nitrogens is 2. The van der Waals surface area contributed by atoms with E-state index in [1.807, 2.05) is 24.3 Å². The molecular weight excluding hydrogens is 302 g/mol. The molecule has 0 spiro atoms. The molecule has 5 nitrogen and oxygen atoms in total. The van der Waals surface area contributed by atoms with Gasteiger partial charge in [0.15, 0.2) is 0 Å². The summed E-state index contributed by atoms with van der Waals surface area (Å²) in [6.07, 6.45) is 0.695. The van der Waals surface area contributed by atoms with E-state index in [4.69, 9.17) is 4.74 Å². The fourth-order valence-electron chi connectivity index (χ4n) is 3.15. The zero-order valence-electron chi connectivity index (χ0n) is 13.4. The molecule has 0 atom stereocenters. The Kier molecular flexibility index (Phi) is 4.01. The first-order valence-corrected chi connectivity index (χ1v) is 8.19. The Morgan fingerprint density at radius 2 is 1.71 bits per heavy atom. The van der Waals surface area contributed by atoms with Gasteiger partial charge in [-0.1, -0.05) is 30.3 Å². The van der Waals surface area contributed by atoms with Crippen molar-refractivity contribution in [1.29, 1.82) is 0 Å². The summed E-state index contributed by atoms with van der Waals surface area (Å²) in [5.74, 6) is 0. The highest BCUT2D eigenvalue weighted by atomic mass is 16.5. The lowest BCUT2D eigenvalue weighted by atomic mass is 10.0. The molecule has 122 valence electrons. The van der Waals surface area contributed by atoms with Crippen LogP contribution in [0.2, 0.25) is 0 Å². The van der Waals surface area contributed by atoms with Gasteiger partial charge in [0.1, 0.15) is 0 Å². The summed E-state index contributed by atoms with van der Waals surface area (Å²) in [6.45, 7) is 3.45. The molecule has 0 radical (unpaired) electrons. The molecule has 1 aliphatic heterocycles. The Balaban J connectivity index is 1.59. The van der Waals surface area contributed by atoms with E-state index < -0.39 is 0 Å². The lowest BCUT2D eigenvalue weighted by molar-refractivity contribution is 0.122. The van der Waals surface area contributed by atoms with Gasteiger partial charge in [-0.3, -0.25) is 4.79 Å². The van der Waals surface area contributed by atoms with Crippen molar-refractivity contribution in [3.63, 3.8) is 0 Å². The molecule has 4 rings (SSSR count). The van der Waals surface area contributed by atoms with Gasteiger partial charge in [0.2, 0.25) is 0 Å². The third-order valence-corrected chi connectivity index (χ3v) is 4.46. The van der Waals surface area contributed by atoms with E-state index in [0.717, 1.165) is 37.4 Å². The van der Waals surface area contributed by atoms with Gasteiger partial charge in [0, 0.05) is 30.6 Å². The maximum atomic E-state index is 11.9. The van der Waals surface area contributed by atoms with Crippen molar-refractivity contribution < 1.29 is 4.74 Å². The molecule has 1 aromatic heterocycles. The van der Waals surface area contributed by atoms with E-state index >= 15 is 0 Å². The topological polar surface area (TPSA) is 58.2 Å². The summed E-state index contributed by atoms with van der Waals surface area (Å²) >= 11 is 0. The quantitative estimate of drug-likeness (QED) is 0.804. The lowest BCUT2D eigenvalue weighted by Gasteiger charge is -2.28. The average Bonchev–Trinajstić information content (AvgIpc) is 2.66. The van der Waals surface area contributed by atoms with Crippen molar-refractivity contribution in [2.24, 2.45) is 0 Å². The van der Waals surface area contributed by atoms with Crippen molar-refractivity contribution in [2.75, 3.05) is 31.2 Å². The van der Waals surface area contributed by atoms with Crippen LogP contribution in [0.4, 0.5) is 5.69 Å². The number of fused-ring (bicyclic) bond motifs is 1. The number of hydrogen-bond donors (Lipinski definition) is 1. The minimum atomic E-state index is -0.142. The number of nitrogens with one attached hydrogen (secondary N) is 1. The van der Waals surface area contributed by atoms with Crippen LogP contribution in [0, 0.1) is 0 Å². The van der Waals surface area contributed by atoms with Crippen molar-refractivity contribution in [1.82, 2.24) is 10.2 Å². The number of benzene rings is 2. The van der Waals surface area contributed by atoms with Crippen LogP contribution >= 0.6 is 0 Å². The Hall–Kier alpha value is -2.66. The number of ether oxygens (including phenoxy) is 1. The van der Waals surface area contributed by atoms with E-state index in [0.29, 0.717) is 11.8 Å². The van der Waals surface area contributed by atoms with Gasteiger partial charge >= 0.3 is 0 Å². The monoisotopic (exact) mass is 321 g/mol. The van der Waals surface area contributed by atoms with Gasteiger partial charge in [-0.05, 0) is 23.8 Å². The van der Waals surface area contributed by atoms with Crippen LogP contribution in [0.15, 0.2) is 53.3 Å². The van der Waals surface area contributed by atoms with Crippen LogP contribution in [0.5, 0.6) is 0 Å². The first kappa shape index (κ1) is 14.9. The number of nitrogens with zero attached hydrogens (tertiary/aromatic N) is 2. The third kappa shape index (κ3) is 2.90. The molecule has 24 heavy (non-hydrogen) atoms. The highest BCUT2D eigenvalue weighted by molar-refractivity contribution is 5.83. The van der Waals surface area contributed by atoms with Crippen LogP contribution in [-0.4, -0.2) is 36.5 Å². The van der Waals surface area contributed by atoms with Crippen molar-refractivity contribution in [2.45, 2.75) is 6.42 Å². The summed E-state index contributed by atoms with van der Waals surface area (Å²) < 4.78 is 5.40. The van der Waals surface area contributed by atoms with Gasteiger partial charge in [0.25, 0.3) is 5.56 Å². The number of anilines is 1. The number of morpholine rings is 1. The number of H-pyrrole nitrogens is 1. The van der Waals surface area contributed by atoms with Crippen molar-refractivity contribution >= 4 is 16.5 Å². The zero-order chi connectivity index (χ0) is 16.4. The molecule has 1 saturated heterocycles. The Morgan fingerprint density at radius 3 is 2.46 bits per heavy atom. The molecule has 2 aromatic carbocycles. The minimum Gasteiger partial charge on any atom is -0.378 e. The van der Waals surface area contributed by atoms with E-state index in [1.165, 1.54) is 11.3 Å². The maximum absolute atomic E-state index is 11.9. The van der Waals surface area contributed by atoms with Crippen molar-refractivity contribution in [3.8, 4) is 0 Å². The largest absolute Gasteiger partial charge is 0.378 e. The molecule has 0 saturated carbocycles. The molecule has 1 fully saturated rings. The molecule has 0 unspecified atom stereocenters. The highest BCUT2D eigenvalue weighted by Crippen LogP contribution is 2.20. The van der Waals surface area contributed by atoms with Gasteiger partial charge in [0.05, 0.1) is 24.3 Å². The van der Waals surface area contributed by atoms with E-state index in [2.05, 4.69) is 39.4 Å². The molecule has 1 aliphatic rings. The fourth-order valence-corrected chi connectivity index (χ4v) is 3.15. The predicted molar refractivity (Wildman–Crippen MR) is 94.6 cm³/mol. The van der Waals surface area contributed by atoms with Gasteiger partial charge < -0.3 is 9.64 Å². The zero-order valence-corrected chi connectivity index (χ0v) is 13.4. The number of rotatable bonds is 3. The summed E-state index contributed by atoms with van der Waals surface area (Å²) in [6, 6.07) is 16.2. The highest BCUT2D eigenvalue weighted by Gasteiger charge is 2.11. The van der Waals surface area contributed by atoms with Crippen LogP contribution in [0.1, 0.15) is 11.3 Å². The van der Waals surface area contributed by atoms with Crippen LogP contribution in [0.25, 0.3) is 10.8 Å². The Bertz CT molecular complexity index is 896. The van der Waals surface area contributed by atoms with Crippen molar-refractivity contribution in [3.05, 3.63) is 70.1 Å². The summed E-state index contributed by atoms with van der Waals surface area (Å²) in [4.78, 5) is 14.2. The minimum absolute atomic E-state index is 0.142. The second kappa shape index (κ2) is 6.45. The summed E-state index contributed by atoms with van der Waals surface area (Å²) in [7, 11) is 0.